The van der Waals surface area contributed by atoms with E-state index in [0.29, 0.717) is 35.8 Å². The number of alkyl halides is 3. The Morgan fingerprint density at radius 1 is 1.07 bits per heavy atom. The van der Waals surface area contributed by atoms with Crippen LogP contribution < -0.4 is 16.4 Å². The molecule has 1 fully saturated rings. The average molecular weight is 571 g/mol. The molecule has 0 saturated carbocycles. The quantitative estimate of drug-likeness (QED) is 0.380. The number of nitrogens with two attached hydrogens (primary N) is 1. The SMILES string of the molecule is CNCc1cnc(N)c(C#Cc2cc(C(=O)Nc3ccc(CN4CCN(C)CC4)c(C(F)(F)F)c3)ccc2Cl)c1. The molecule has 1 aromatic heterocycles. The first-order valence-corrected chi connectivity index (χ1v) is 13.0. The van der Waals surface area contributed by atoms with Crippen LogP contribution in [-0.4, -0.2) is 61.0 Å². The van der Waals surface area contributed by atoms with Gasteiger partial charge >= 0.3 is 6.18 Å². The Bertz CT molecular complexity index is 1440. The third-order valence-electron chi connectivity index (χ3n) is 6.58. The van der Waals surface area contributed by atoms with Gasteiger partial charge in [-0.25, -0.2) is 4.98 Å². The molecular weight excluding hydrogens is 541 g/mol. The molecule has 0 unspecified atom stereocenters. The summed E-state index contributed by atoms with van der Waals surface area (Å²) in [5.41, 5.74) is 7.36. The van der Waals surface area contributed by atoms with Crippen LogP contribution in [0.25, 0.3) is 0 Å². The predicted octanol–water partition coefficient (Wildman–Crippen LogP) is 4.45. The van der Waals surface area contributed by atoms with E-state index in [4.69, 9.17) is 17.3 Å². The van der Waals surface area contributed by atoms with Crippen LogP contribution in [0.15, 0.2) is 48.7 Å². The molecular formula is C29H30ClF3N6O. The molecule has 2 aromatic carbocycles. The third-order valence-corrected chi connectivity index (χ3v) is 6.91. The van der Waals surface area contributed by atoms with Crippen molar-refractivity contribution in [2.75, 3.05) is 51.3 Å². The zero-order valence-corrected chi connectivity index (χ0v) is 23.0. The highest BCUT2D eigenvalue weighted by Crippen LogP contribution is 2.35. The summed E-state index contributed by atoms with van der Waals surface area (Å²) in [5.74, 6) is 5.53. The van der Waals surface area contributed by atoms with E-state index in [1.807, 2.05) is 25.1 Å². The normalized spacial score (nSPS) is 14.4. The second-order valence-corrected chi connectivity index (χ2v) is 10.1. The largest absolute Gasteiger partial charge is 0.416 e. The Balaban J connectivity index is 1.53. The van der Waals surface area contributed by atoms with Crippen molar-refractivity contribution in [2.45, 2.75) is 19.3 Å². The molecule has 0 aliphatic carbocycles. The summed E-state index contributed by atoms with van der Waals surface area (Å²) < 4.78 is 41.8. The summed E-state index contributed by atoms with van der Waals surface area (Å²) >= 11 is 6.30. The Kier molecular flexibility index (Phi) is 9.32. The number of hydrogen-bond donors (Lipinski definition) is 3. The topological polar surface area (TPSA) is 86.5 Å². The van der Waals surface area contributed by atoms with Crippen molar-refractivity contribution in [3.8, 4) is 11.8 Å². The summed E-state index contributed by atoms with van der Waals surface area (Å²) in [6, 6.07) is 10.2. The Morgan fingerprint density at radius 3 is 2.50 bits per heavy atom. The number of aromatic nitrogens is 1. The zero-order valence-electron chi connectivity index (χ0n) is 22.2. The molecule has 1 saturated heterocycles. The van der Waals surface area contributed by atoms with E-state index in [1.54, 1.807) is 6.20 Å². The number of hydrogen-bond acceptors (Lipinski definition) is 6. The molecule has 1 aliphatic heterocycles. The minimum atomic E-state index is -4.56. The molecule has 11 heteroatoms. The highest BCUT2D eigenvalue weighted by Gasteiger charge is 2.34. The predicted molar refractivity (Wildman–Crippen MR) is 151 cm³/mol. The van der Waals surface area contributed by atoms with Crippen LogP contribution in [0, 0.1) is 11.8 Å². The number of piperazine rings is 1. The molecule has 210 valence electrons. The van der Waals surface area contributed by atoms with Gasteiger partial charge in [0.1, 0.15) is 5.82 Å². The van der Waals surface area contributed by atoms with Gasteiger partial charge in [-0.2, -0.15) is 13.2 Å². The maximum atomic E-state index is 13.9. The van der Waals surface area contributed by atoms with Gasteiger partial charge in [-0.05, 0) is 61.6 Å². The van der Waals surface area contributed by atoms with Gasteiger partial charge in [-0.15, -0.1) is 0 Å². The fraction of sp³-hybridized carbons (Fsp3) is 0.310. The average Bonchev–Trinajstić information content (AvgIpc) is 2.91. The lowest BCUT2D eigenvalue weighted by Gasteiger charge is -2.33. The molecule has 4 rings (SSSR count). The molecule has 0 atom stereocenters. The van der Waals surface area contributed by atoms with Crippen molar-refractivity contribution < 1.29 is 18.0 Å². The minimum Gasteiger partial charge on any atom is -0.383 e. The van der Waals surface area contributed by atoms with Crippen LogP contribution in [0.2, 0.25) is 5.02 Å². The van der Waals surface area contributed by atoms with Gasteiger partial charge in [0.2, 0.25) is 0 Å². The number of pyridine rings is 1. The van der Waals surface area contributed by atoms with Crippen LogP contribution >= 0.6 is 11.6 Å². The first kappa shape index (κ1) is 29.4. The standard InChI is InChI=1S/C29H30ClF3N6O/c1-35-16-19-13-21(27(34)36-17-19)4-3-20-14-22(6-8-26(20)30)28(40)37-24-7-5-23(25(15-24)29(31,32)33)18-39-11-9-38(2)10-12-39/h5-8,13-15,17,35H,9-12,16,18H2,1-2H3,(H2,34,36)(H,37,40). The van der Waals surface area contributed by atoms with Crippen LogP contribution in [-0.2, 0) is 19.3 Å². The number of carbonyl (C=O) groups excluding carboxylic acids is 1. The summed E-state index contributed by atoms with van der Waals surface area (Å²) in [6.45, 7) is 3.77. The Hall–Kier alpha value is -3.62. The molecule has 0 bridgehead atoms. The van der Waals surface area contributed by atoms with Crippen LogP contribution in [0.1, 0.15) is 38.2 Å². The summed E-state index contributed by atoms with van der Waals surface area (Å²) in [7, 11) is 3.80. The monoisotopic (exact) mass is 570 g/mol. The lowest BCUT2D eigenvalue weighted by Crippen LogP contribution is -2.44. The summed E-state index contributed by atoms with van der Waals surface area (Å²) in [4.78, 5) is 21.3. The number of halogens is 4. The summed E-state index contributed by atoms with van der Waals surface area (Å²) in [5, 5.41) is 5.91. The van der Waals surface area contributed by atoms with Crippen molar-refractivity contribution >= 4 is 29.0 Å². The lowest BCUT2D eigenvalue weighted by atomic mass is 10.0. The fourth-order valence-corrected chi connectivity index (χ4v) is 4.49. The molecule has 0 spiro atoms. The van der Waals surface area contributed by atoms with Crippen molar-refractivity contribution in [2.24, 2.45) is 0 Å². The van der Waals surface area contributed by atoms with Gasteiger partial charge in [0.25, 0.3) is 5.91 Å². The van der Waals surface area contributed by atoms with Gasteiger partial charge in [-0.3, -0.25) is 9.69 Å². The van der Waals surface area contributed by atoms with E-state index >= 15 is 0 Å². The van der Waals surface area contributed by atoms with Crippen LogP contribution in [0.4, 0.5) is 24.7 Å². The molecule has 1 aliphatic rings. The van der Waals surface area contributed by atoms with Crippen LogP contribution in [0.5, 0.6) is 0 Å². The lowest BCUT2D eigenvalue weighted by molar-refractivity contribution is -0.138. The number of likely N-dealkylation sites (N-methyl/N-ethyl adjacent to an activating group) is 1. The number of anilines is 2. The Morgan fingerprint density at radius 2 is 1.80 bits per heavy atom. The molecule has 1 amide bonds. The summed E-state index contributed by atoms with van der Waals surface area (Å²) in [6.07, 6.45) is -2.91. The molecule has 4 N–H and O–H groups in total. The van der Waals surface area contributed by atoms with E-state index in [1.165, 1.54) is 30.3 Å². The van der Waals surface area contributed by atoms with E-state index in [-0.39, 0.29) is 29.2 Å². The maximum absolute atomic E-state index is 13.9. The highest BCUT2D eigenvalue weighted by atomic mass is 35.5. The van der Waals surface area contributed by atoms with E-state index < -0.39 is 17.6 Å². The van der Waals surface area contributed by atoms with Crippen molar-refractivity contribution in [1.29, 1.82) is 0 Å². The number of nitrogens with zero attached hydrogens (tertiary/aromatic N) is 3. The van der Waals surface area contributed by atoms with Gasteiger partial charge < -0.3 is 21.3 Å². The minimum absolute atomic E-state index is 0.0437. The number of carbonyl (C=O) groups is 1. The number of rotatable bonds is 6. The van der Waals surface area contributed by atoms with Crippen molar-refractivity contribution in [1.82, 2.24) is 20.1 Å². The molecule has 40 heavy (non-hydrogen) atoms. The molecule has 0 radical (unpaired) electrons. The van der Waals surface area contributed by atoms with E-state index in [2.05, 4.69) is 32.4 Å². The second-order valence-electron chi connectivity index (χ2n) is 9.65. The first-order chi connectivity index (χ1) is 19.0. The second kappa shape index (κ2) is 12.7. The molecule has 2 heterocycles. The van der Waals surface area contributed by atoms with Gasteiger partial charge in [0.05, 0.1) is 16.1 Å². The fourth-order valence-electron chi connectivity index (χ4n) is 4.32. The third kappa shape index (κ3) is 7.52. The smallest absolute Gasteiger partial charge is 0.383 e. The van der Waals surface area contributed by atoms with Gasteiger partial charge in [-0.1, -0.05) is 29.5 Å². The molecule has 3 aromatic rings. The zero-order chi connectivity index (χ0) is 28.9. The number of nitrogen functional groups attached to an aromatic ring is 1. The van der Waals surface area contributed by atoms with Crippen molar-refractivity contribution in [3.63, 3.8) is 0 Å². The number of amides is 1. The van der Waals surface area contributed by atoms with Gasteiger partial charge in [0.15, 0.2) is 0 Å². The first-order valence-electron chi connectivity index (χ1n) is 12.7. The van der Waals surface area contributed by atoms with E-state index in [0.717, 1.165) is 24.7 Å². The van der Waals surface area contributed by atoms with Crippen LogP contribution in [0.3, 0.4) is 0 Å². The Labute approximate surface area is 236 Å². The highest BCUT2D eigenvalue weighted by molar-refractivity contribution is 6.32. The van der Waals surface area contributed by atoms with Gasteiger partial charge in [0, 0.05) is 62.3 Å². The number of nitrogens with one attached hydrogen (secondary N) is 2. The maximum Gasteiger partial charge on any atom is 0.416 e. The molecule has 7 nitrogen and oxygen atoms in total. The number of benzene rings is 2. The van der Waals surface area contributed by atoms with E-state index in [9.17, 15) is 18.0 Å². The van der Waals surface area contributed by atoms with Crippen molar-refractivity contribution in [3.05, 3.63) is 87.1 Å².